The molecule has 1 N–H and O–H groups in total. The molecule has 2 aromatic rings. The fraction of sp³-hybridized carbons (Fsp3) is 0.300. The highest BCUT2D eigenvalue weighted by molar-refractivity contribution is 5.99. The standard InChI is InChI=1S/C20H22N2O3/c1-13-4-5-16(14(2)10-13)12-20(23)22-21-15(3)17-6-7-18-19(11-17)25-9-8-24-18/h4-7,10-11H,8-9,12H2,1-3H3,(H,22,23)/b21-15+. The first-order chi connectivity index (χ1) is 12.0. The van der Waals surface area contributed by atoms with Gasteiger partial charge in [0.25, 0.3) is 0 Å². The zero-order chi connectivity index (χ0) is 17.8. The van der Waals surface area contributed by atoms with Crippen molar-refractivity contribution in [1.82, 2.24) is 5.43 Å². The van der Waals surface area contributed by atoms with Crippen LogP contribution in [0.15, 0.2) is 41.5 Å². The van der Waals surface area contributed by atoms with Gasteiger partial charge in [-0.05, 0) is 50.1 Å². The molecule has 0 saturated heterocycles. The van der Waals surface area contributed by atoms with Crippen LogP contribution in [0.3, 0.4) is 0 Å². The lowest BCUT2D eigenvalue weighted by atomic mass is 10.0. The minimum absolute atomic E-state index is 0.135. The van der Waals surface area contributed by atoms with Crippen molar-refractivity contribution in [3.8, 4) is 11.5 Å². The lowest BCUT2D eigenvalue weighted by Crippen LogP contribution is -2.22. The molecule has 0 aromatic heterocycles. The second kappa shape index (κ2) is 7.38. The molecule has 130 valence electrons. The third-order valence-corrected chi connectivity index (χ3v) is 4.16. The summed E-state index contributed by atoms with van der Waals surface area (Å²) in [6.07, 6.45) is 0.310. The molecule has 0 radical (unpaired) electrons. The van der Waals surface area contributed by atoms with Crippen molar-refractivity contribution in [1.29, 1.82) is 0 Å². The predicted octanol–water partition coefficient (Wildman–Crippen LogP) is 3.16. The number of amides is 1. The van der Waals surface area contributed by atoms with Crippen LogP contribution in [0, 0.1) is 13.8 Å². The van der Waals surface area contributed by atoms with Gasteiger partial charge in [0, 0.05) is 5.56 Å². The molecule has 1 aliphatic rings. The monoisotopic (exact) mass is 338 g/mol. The van der Waals surface area contributed by atoms with Crippen molar-refractivity contribution < 1.29 is 14.3 Å². The molecule has 1 amide bonds. The molecule has 25 heavy (non-hydrogen) atoms. The van der Waals surface area contributed by atoms with Crippen LogP contribution in [0.25, 0.3) is 0 Å². The van der Waals surface area contributed by atoms with Crippen molar-refractivity contribution >= 4 is 11.6 Å². The Morgan fingerprint density at radius 3 is 2.60 bits per heavy atom. The minimum atomic E-state index is -0.135. The Labute approximate surface area is 147 Å². The molecule has 0 fully saturated rings. The maximum absolute atomic E-state index is 12.2. The summed E-state index contributed by atoms with van der Waals surface area (Å²) in [4.78, 5) is 12.2. The van der Waals surface area contributed by atoms with E-state index in [0.717, 1.165) is 22.4 Å². The number of hydrogen-bond donors (Lipinski definition) is 1. The molecular formula is C20H22N2O3. The van der Waals surface area contributed by atoms with Crippen molar-refractivity contribution in [3.63, 3.8) is 0 Å². The average molecular weight is 338 g/mol. The van der Waals surface area contributed by atoms with Gasteiger partial charge in [-0.2, -0.15) is 5.10 Å². The van der Waals surface area contributed by atoms with Crippen LogP contribution in [-0.2, 0) is 11.2 Å². The number of carbonyl (C=O) groups is 1. The number of hydrogen-bond acceptors (Lipinski definition) is 4. The molecule has 0 atom stereocenters. The molecule has 5 heteroatoms. The van der Waals surface area contributed by atoms with Gasteiger partial charge < -0.3 is 9.47 Å². The number of aryl methyl sites for hydroxylation is 2. The van der Waals surface area contributed by atoms with E-state index < -0.39 is 0 Å². The number of hydrazone groups is 1. The first-order valence-electron chi connectivity index (χ1n) is 8.32. The van der Waals surface area contributed by atoms with Gasteiger partial charge in [0.2, 0.25) is 5.91 Å². The molecule has 0 saturated carbocycles. The number of nitrogens with one attached hydrogen (secondary N) is 1. The number of ether oxygens (including phenoxy) is 2. The SMILES string of the molecule is C/C(=N\NC(=O)Cc1ccc(C)cc1C)c1ccc2c(c1)OCCO2. The summed E-state index contributed by atoms with van der Waals surface area (Å²) in [6.45, 7) is 7.01. The molecule has 3 rings (SSSR count). The molecule has 0 aliphatic carbocycles. The molecule has 0 unspecified atom stereocenters. The van der Waals surface area contributed by atoms with Crippen LogP contribution in [0.4, 0.5) is 0 Å². The van der Waals surface area contributed by atoms with Gasteiger partial charge in [-0.15, -0.1) is 0 Å². The number of benzene rings is 2. The van der Waals surface area contributed by atoms with Crippen molar-refractivity contribution in [2.45, 2.75) is 27.2 Å². The van der Waals surface area contributed by atoms with Gasteiger partial charge >= 0.3 is 0 Å². The van der Waals surface area contributed by atoms with E-state index in [9.17, 15) is 4.79 Å². The largest absolute Gasteiger partial charge is 0.486 e. The predicted molar refractivity (Wildman–Crippen MR) is 97.4 cm³/mol. The van der Waals surface area contributed by atoms with Crippen molar-refractivity contribution in [2.24, 2.45) is 5.10 Å². The highest BCUT2D eigenvalue weighted by atomic mass is 16.6. The van der Waals surface area contributed by atoms with Gasteiger partial charge in [0.15, 0.2) is 11.5 Å². The van der Waals surface area contributed by atoms with Crippen LogP contribution in [-0.4, -0.2) is 24.8 Å². The number of rotatable bonds is 4. The highest BCUT2D eigenvalue weighted by Gasteiger charge is 2.13. The number of nitrogens with zero attached hydrogens (tertiary/aromatic N) is 1. The Balaban J connectivity index is 1.65. The fourth-order valence-electron chi connectivity index (χ4n) is 2.74. The van der Waals surface area contributed by atoms with E-state index in [1.165, 1.54) is 5.56 Å². The van der Waals surface area contributed by atoms with Gasteiger partial charge in [-0.3, -0.25) is 4.79 Å². The third kappa shape index (κ3) is 4.18. The van der Waals surface area contributed by atoms with Gasteiger partial charge in [-0.1, -0.05) is 23.8 Å². The maximum atomic E-state index is 12.2. The summed E-state index contributed by atoms with van der Waals surface area (Å²) >= 11 is 0. The Kier molecular flexibility index (Phi) is 5.03. The van der Waals surface area contributed by atoms with Crippen LogP contribution in [0.2, 0.25) is 0 Å². The Bertz CT molecular complexity index is 828. The minimum Gasteiger partial charge on any atom is -0.486 e. The summed E-state index contributed by atoms with van der Waals surface area (Å²) in [5.74, 6) is 1.31. The number of fused-ring (bicyclic) bond motifs is 1. The zero-order valence-electron chi connectivity index (χ0n) is 14.8. The first kappa shape index (κ1) is 17.0. The van der Waals surface area contributed by atoms with Crippen LogP contribution >= 0.6 is 0 Å². The van der Waals surface area contributed by atoms with Gasteiger partial charge in [0.05, 0.1) is 12.1 Å². The van der Waals surface area contributed by atoms with E-state index in [1.54, 1.807) is 0 Å². The molecule has 1 aliphatic heterocycles. The van der Waals surface area contributed by atoms with E-state index in [0.29, 0.717) is 31.1 Å². The van der Waals surface area contributed by atoms with Crippen molar-refractivity contribution in [3.05, 3.63) is 58.7 Å². The molecule has 0 spiro atoms. The van der Waals surface area contributed by atoms with E-state index in [4.69, 9.17) is 9.47 Å². The maximum Gasteiger partial charge on any atom is 0.244 e. The van der Waals surface area contributed by atoms with E-state index in [2.05, 4.69) is 16.6 Å². The molecular weight excluding hydrogens is 316 g/mol. The van der Waals surface area contributed by atoms with Crippen LogP contribution < -0.4 is 14.9 Å². The quantitative estimate of drug-likeness (QED) is 0.688. The summed E-state index contributed by atoms with van der Waals surface area (Å²) in [7, 11) is 0. The highest BCUT2D eigenvalue weighted by Crippen LogP contribution is 2.30. The second-order valence-corrected chi connectivity index (χ2v) is 6.20. The van der Waals surface area contributed by atoms with E-state index in [-0.39, 0.29) is 5.91 Å². The third-order valence-electron chi connectivity index (χ3n) is 4.16. The second-order valence-electron chi connectivity index (χ2n) is 6.20. The molecule has 1 heterocycles. The van der Waals surface area contributed by atoms with E-state index >= 15 is 0 Å². The summed E-state index contributed by atoms with van der Waals surface area (Å²) in [5.41, 5.74) is 7.54. The molecule has 5 nitrogen and oxygen atoms in total. The summed E-state index contributed by atoms with van der Waals surface area (Å²) < 4.78 is 11.1. The zero-order valence-corrected chi connectivity index (χ0v) is 14.8. The summed E-state index contributed by atoms with van der Waals surface area (Å²) in [6, 6.07) is 11.7. The van der Waals surface area contributed by atoms with Crippen LogP contribution in [0.1, 0.15) is 29.2 Å². The van der Waals surface area contributed by atoms with Gasteiger partial charge in [-0.25, -0.2) is 5.43 Å². The lowest BCUT2D eigenvalue weighted by Gasteiger charge is -2.18. The van der Waals surface area contributed by atoms with Crippen LogP contribution in [0.5, 0.6) is 11.5 Å². The number of carbonyl (C=O) groups excluding carboxylic acids is 1. The lowest BCUT2D eigenvalue weighted by molar-refractivity contribution is -0.120. The summed E-state index contributed by atoms with van der Waals surface area (Å²) in [5, 5.41) is 4.21. The molecule has 2 aromatic carbocycles. The van der Waals surface area contributed by atoms with E-state index in [1.807, 2.05) is 51.1 Å². The average Bonchev–Trinajstić information content (AvgIpc) is 2.61. The molecule has 0 bridgehead atoms. The Morgan fingerprint density at radius 1 is 1.08 bits per heavy atom. The van der Waals surface area contributed by atoms with Gasteiger partial charge in [0.1, 0.15) is 13.2 Å². The Morgan fingerprint density at radius 2 is 1.84 bits per heavy atom. The van der Waals surface area contributed by atoms with Crippen molar-refractivity contribution in [2.75, 3.05) is 13.2 Å². The normalized spacial score (nSPS) is 13.5. The Hall–Kier alpha value is -2.82. The first-order valence-corrected chi connectivity index (χ1v) is 8.32. The fourth-order valence-corrected chi connectivity index (χ4v) is 2.74. The topological polar surface area (TPSA) is 59.9 Å². The smallest absolute Gasteiger partial charge is 0.244 e.